The maximum Gasteiger partial charge on any atom is 0.315 e. The van der Waals surface area contributed by atoms with Crippen LogP contribution in [0, 0.1) is 5.92 Å². The van der Waals surface area contributed by atoms with Gasteiger partial charge in [-0.15, -0.1) is 6.58 Å². The summed E-state index contributed by atoms with van der Waals surface area (Å²) in [6, 6.07) is 5.32. The molecule has 1 aromatic rings. The minimum absolute atomic E-state index is 0.176. The molecule has 1 aromatic carbocycles. The van der Waals surface area contributed by atoms with Gasteiger partial charge in [-0.25, -0.2) is 0 Å². The number of carbonyl (C=O) groups is 1. The molecular weight excluding hydrogens is 238 g/mol. The summed E-state index contributed by atoms with van der Waals surface area (Å²) in [5, 5.41) is 9.45. The van der Waals surface area contributed by atoms with Crippen LogP contribution in [0.5, 0.6) is 5.75 Å². The Morgan fingerprint density at radius 1 is 1.50 bits per heavy atom. The summed E-state index contributed by atoms with van der Waals surface area (Å²) in [5.74, 6) is -6.55. The number of para-hydroxylation sites is 1. The van der Waals surface area contributed by atoms with Gasteiger partial charge in [-0.1, -0.05) is 31.6 Å². The Labute approximate surface area is 105 Å². The van der Waals surface area contributed by atoms with E-state index in [4.69, 9.17) is 0 Å². The molecule has 0 aromatic heterocycles. The van der Waals surface area contributed by atoms with E-state index in [1.807, 2.05) is 0 Å². The number of hydrogen-bond donors (Lipinski definition) is 1. The third kappa shape index (κ3) is 2.75. The molecule has 1 rings (SSSR count). The number of hydrogen-bond acceptors (Lipinski definition) is 2. The molecule has 0 spiro atoms. The lowest BCUT2D eigenvalue weighted by Crippen LogP contribution is -2.36. The van der Waals surface area contributed by atoms with Crippen LogP contribution >= 0.6 is 0 Å². The first-order valence-corrected chi connectivity index (χ1v) is 5.78. The predicted molar refractivity (Wildman–Crippen MR) is 66.0 cm³/mol. The van der Waals surface area contributed by atoms with Crippen molar-refractivity contribution in [2.24, 2.45) is 5.92 Å². The molecule has 0 saturated carbocycles. The van der Waals surface area contributed by atoms with E-state index in [0.29, 0.717) is 6.42 Å². The summed E-state index contributed by atoms with van der Waals surface area (Å²) in [6.45, 7) is 5.11. The van der Waals surface area contributed by atoms with Crippen molar-refractivity contribution in [1.82, 2.24) is 0 Å². The average Bonchev–Trinajstić information content (AvgIpc) is 2.35. The van der Waals surface area contributed by atoms with Gasteiger partial charge in [0.15, 0.2) is 0 Å². The van der Waals surface area contributed by atoms with E-state index < -0.39 is 23.4 Å². The average molecular weight is 254 g/mol. The summed E-state index contributed by atoms with van der Waals surface area (Å²) < 4.78 is 28.0. The molecule has 18 heavy (non-hydrogen) atoms. The van der Waals surface area contributed by atoms with Gasteiger partial charge in [0.05, 0.1) is 5.56 Å². The van der Waals surface area contributed by atoms with E-state index in [0.717, 1.165) is 6.08 Å². The van der Waals surface area contributed by atoms with Gasteiger partial charge in [-0.3, -0.25) is 4.79 Å². The summed E-state index contributed by atoms with van der Waals surface area (Å²) in [5.41, 5.74) is -0.356. The summed E-state index contributed by atoms with van der Waals surface area (Å²) in [4.78, 5) is 11.8. The van der Waals surface area contributed by atoms with Crippen molar-refractivity contribution in [3.8, 4) is 5.75 Å². The SMILES string of the molecule is C=C[C@@H](CCC)C(F)(F)C(=O)c1ccccc1O. The predicted octanol–water partition coefficient (Wildman–Crippen LogP) is 3.81. The third-order valence-corrected chi connectivity index (χ3v) is 2.80. The Morgan fingerprint density at radius 3 is 2.61 bits per heavy atom. The van der Waals surface area contributed by atoms with Crippen LogP contribution in [0.3, 0.4) is 0 Å². The molecule has 0 aliphatic rings. The van der Waals surface area contributed by atoms with Crippen LogP contribution in [-0.2, 0) is 0 Å². The van der Waals surface area contributed by atoms with E-state index in [-0.39, 0.29) is 12.0 Å². The maximum atomic E-state index is 14.0. The Balaban J connectivity index is 3.08. The number of allylic oxidation sites excluding steroid dienone is 1. The molecule has 1 N–H and O–H groups in total. The number of halogens is 2. The zero-order valence-corrected chi connectivity index (χ0v) is 10.2. The first-order valence-electron chi connectivity index (χ1n) is 5.78. The molecule has 4 heteroatoms. The van der Waals surface area contributed by atoms with Gasteiger partial charge in [-0.2, -0.15) is 8.78 Å². The maximum absolute atomic E-state index is 14.0. The molecule has 0 fully saturated rings. The van der Waals surface area contributed by atoms with Gasteiger partial charge < -0.3 is 5.11 Å². The number of aromatic hydroxyl groups is 1. The second kappa shape index (κ2) is 5.76. The fourth-order valence-corrected chi connectivity index (χ4v) is 1.77. The molecule has 0 aliphatic carbocycles. The van der Waals surface area contributed by atoms with Crippen molar-refractivity contribution >= 4 is 5.78 Å². The second-order valence-corrected chi connectivity index (χ2v) is 4.10. The van der Waals surface area contributed by atoms with Crippen LogP contribution in [-0.4, -0.2) is 16.8 Å². The number of rotatable bonds is 6. The van der Waals surface area contributed by atoms with Crippen LogP contribution in [0.25, 0.3) is 0 Å². The first kappa shape index (κ1) is 14.4. The Kier molecular flexibility index (Phi) is 4.59. The van der Waals surface area contributed by atoms with Crippen molar-refractivity contribution in [3.63, 3.8) is 0 Å². The van der Waals surface area contributed by atoms with E-state index in [1.54, 1.807) is 6.92 Å². The Bertz CT molecular complexity index is 441. The summed E-state index contributed by atoms with van der Waals surface area (Å²) >= 11 is 0. The highest BCUT2D eigenvalue weighted by Gasteiger charge is 2.46. The highest BCUT2D eigenvalue weighted by atomic mass is 19.3. The number of phenolic OH excluding ortho intramolecular Hbond substituents is 1. The van der Waals surface area contributed by atoms with Crippen LogP contribution in [0.4, 0.5) is 8.78 Å². The van der Waals surface area contributed by atoms with Crippen molar-refractivity contribution in [2.45, 2.75) is 25.7 Å². The van der Waals surface area contributed by atoms with Gasteiger partial charge in [0.25, 0.3) is 0 Å². The molecule has 0 saturated heterocycles. The van der Waals surface area contributed by atoms with E-state index >= 15 is 0 Å². The van der Waals surface area contributed by atoms with Gasteiger partial charge in [0, 0.05) is 5.92 Å². The van der Waals surface area contributed by atoms with Crippen molar-refractivity contribution in [3.05, 3.63) is 42.5 Å². The summed E-state index contributed by atoms with van der Waals surface area (Å²) in [7, 11) is 0. The lowest BCUT2D eigenvalue weighted by molar-refractivity contribution is -0.0196. The number of alkyl halides is 2. The Morgan fingerprint density at radius 2 is 2.11 bits per heavy atom. The smallest absolute Gasteiger partial charge is 0.315 e. The van der Waals surface area contributed by atoms with Gasteiger partial charge in [0.1, 0.15) is 5.75 Å². The zero-order valence-electron chi connectivity index (χ0n) is 10.2. The minimum Gasteiger partial charge on any atom is -0.507 e. The lowest BCUT2D eigenvalue weighted by Gasteiger charge is -2.22. The zero-order chi connectivity index (χ0) is 13.8. The first-order chi connectivity index (χ1) is 8.45. The quantitative estimate of drug-likeness (QED) is 0.619. The fraction of sp³-hybridized carbons (Fsp3) is 0.357. The molecule has 98 valence electrons. The van der Waals surface area contributed by atoms with Crippen LogP contribution in [0.1, 0.15) is 30.1 Å². The lowest BCUT2D eigenvalue weighted by atomic mass is 9.90. The molecule has 0 unspecified atom stereocenters. The Hall–Kier alpha value is -1.71. The second-order valence-electron chi connectivity index (χ2n) is 4.10. The monoisotopic (exact) mass is 254 g/mol. The molecule has 0 amide bonds. The standard InChI is InChI=1S/C14H16F2O2/c1-3-7-10(4-2)14(15,16)13(18)11-8-5-6-9-12(11)17/h4-6,8-10,17H,2-3,7H2,1H3/t10-/m0/s1. The largest absolute Gasteiger partial charge is 0.507 e. The van der Waals surface area contributed by atoms with Gasteiger partial charge in [-0.05, 0) is 18.6 Å². The van der Waals surface area contributed by atoms with E-state index in [1.165, 1.54) is 24.3 Å². The minimum atomic E-state index is -3.55. The number of ketones is 1. The van der Waals surface area contributed by atoms with Crippen LogP contribution < -0.4 is 0 Å². The highest BCUT2D eigenvalue weighted by molar-refractivity contribution is 6.03. The molecule has 2 nitrogen and oxygen atoms in total. The summed E-state index contributed by atoms with van der Waals surface area (Å²) in [6.07, 6.45) is 1.80. The number of phenols is 1. The molecule has 0 heterocycles. The van der Waals surface area contributed by atoms with Gasteiger partial charge >= 0.3 is 5.92 Å². The molecule has 0 bridgehead atoms. The fourth-order valence-electron chi connectivity index (χ4n) is 1.77. The number of carbonyl (C=O) groups excluding carboxylic acids is 1. The molecular formula is C14H16F2O2. The van der Waals surface area contributed by atoms with Crippen LogP contribution in [0.2, 0.25) is 0 Å². The highest BCUT2D eigenvalue weighted by Crippen LogP contribution is 2.34. The van der Waals surface area contributed by atoms with Gasteiger partial charge in [0.2, 0.25) is 5.78 Å². The van der Waals surface area contributed by atoms with E-state index in [2.05, 4.69) is 6.58 Å². The van der Waals surface area contributed by atoms with Crippen molar-refractivity contribution < 1.29 is 18.7 Å². The van der Waals surface area contributed by atoms with E-state index in [9.17, 15) is 18.7 Å². The molecule has 1 atom stereocenters. The van der Waals surface area contributed by atoms with Crippen molar-refractivity contribution in [2.75, 3.05) is 0 Å². The van der Waals surface area contributed by atoms with Crippen LogP contribution in [0.15, 0.2) is 36.9 Å². The van der Waals surface area contributed by atoms with Crippen molar-refractivity contribution in [1.29, 1.82) is 0 Å². The number of benzene rings is 1. The molecule has 0 aliphatic heterocycles. The number of Topliss-reactive ketones (excluding diaryl/α,β-unsaturated/α-hetero) is 1. The third-order valence-electron chi connectivity index (χ3n) is 2.80. The topological polar surface area (TPSA) is 37.3 Å². The normalized spacial score (nSPS) is 13.1. The molecule has 0 radical (unpaired) electrons.